The van der Waals surface area contributed by atoms with E-state index >= 15 is 0 Å². The first-order valence-corrected chi connectivity index (χ1v) is 4.33. The molecule has 8 heavy (non-hydrogen) atoms. The molecule has 0 aromatic heterocycles. The average molecular weight is 289 g/mol. The minimum absolute atomic E-state index is 0.306. The van der Waals surface area contributed by atoms with Crippen LogP contribution in [0, 0.1) is 5.41 Å². The average Bonchev–Trinajstić information content (AvgIpc) is 1.21. The highest BCUT2D eigenvalue weighted by Crippen LogP contribution is 2.24. The van der Waals surface area contributed by atoms with Gasteiger partial charge in [0.25, 0.3) is 0 Å². The second-order valence-electron chi connectivity index (χ2n) is 2.80. The normalized spacial score (nSPS) is 14.4. The van der Waals surface area contributed by atoms with E-state index < -0.39 is 0 Å². The lowest BCUT2D eigenvalue weighted by Gasteiger charge is -2.10. The smallest absolute Gasteiger partial charge is 0.0524 e. The zero-order chi connectivity index (χ0) is 6.78. The van der Waals surface area contributed by atoms with Gasteiger partial charge in [-0.25, -0.2) is 0 Å². The molecular weight excluding hydrogens is 279 g/mol. The van der Waals surface area contributed by atoms with Crippen molar-refractivity contribution in [1.29, 1.82) is 0 Å². The summed E-state index contributed by atoms with van der Waals surface area (Å²) in [5.41, 5.74) is 0.306. The van der Waals surface area contributed by atoms with E-state index in [0.29, 0.717) is 5.41 Å². The fourth-order valence-electron chi connectivity index (χ4n) is 0.327. The first kappa shape index (κ1) is 8.95. The molecule has 0 radical (unpaired) electrons. The third-order valence-corrected chi connectivity index (χ3v) is 1.08. The molecule has 0 rings (SSSR count). The number of rotatable bonds is 0. The van der Waals surface area contributed by atoms with Crippen molar-refractivity contribution >= 4 is 38.5 Å². The van der Waals surface area contributed by atoms with Crippen molar-refractivity contribution in [3.8, 4) is 0 Å². The predicted octanol–water partition coefficient (Wildman–Crippen LogP) is 3.70. The van der Waals surface area contributed by atoms with Crippen LogP contribution in [-0.4, -0.2) is 0 Å². The van der Waals surface area contributed by atoms with Gasteiger partial charge in [-0.15, -0.1) is 0 Å². The molecule has 0 unspecified atom stereocenters. The Morgan fingerprint density at radius 2 is 1.88 bits per heavy atom. The van der Waals surface area contributed by atoms with E-state index in [1.807, 2.05) is 0 Å². The summed E-state index contributed by atoms with van der Waals surface area (Å²) in [5, 5.41) is 0. The van der Waals surface area contributed by atoms with Crippen molar-refractivity contribution < 1.29 is 0 Å². The highest BCUT2D eigenvalue weighted by atomic mass is 127. The standard InChI is InChI=1S/C6H10BrI/c1-6(2,3)4-5(7)8/h4H,1-3H3/b5-4+. The van der Waals surface area contributed by atoms with Crippen LogP contribution in [0.4, 0.5) is 0 Å². The van der Waals surface area contributed by atoms with Crippen LogP contribution < -0.4 is 0 Å². The summed E-state index contributed by atoms with van der Waals surface area (Å²) < 4.78 is 1.18. The second-order valence-corrected chi connectivity index (χ2v) is 6.30. The van der Waals surface area contributed by atoms with E-state index in [2.05, 4.69) is 65.4 Å². The second kappa shape index (κ2) is 3.20. The first-order chi connectivity index (χ1) is 3.42. The van der Waals surface area contributed by atoms with Crippen LogP contribution >= 0.6 is 38.5 Å². The summed E-state index contributed by atoms with van der Waals surface area (Å²) >= 11 is 5.60. The maximum absolute atomic E-state index is 3.36. The maximum atomic E-state index is 3.36. The fraction of sp³-hybridized carbons (Fsp3) is 0.667. The Morgan fingerprint density at radius 3 is 1.88 bits per heavy atom. The minimum Gasteiger partial charge on any atom is -0.0587 e. The van der Waals surface area contributed by atoms with Gasteiger partial charge in [-0.3, -0.25) is 0 Å². The molecule has 0 spiro atoms. The van der Waals surface area contributed by atoms with Crippen LogP contribution in [0.5, 0.6) is 0 Å². The van der Waals surface area contributed by atoms with E-state index in [0.717, 1.165) is 0 Å². The lowest BCUT2D eigenvalue weighted by Crippen LogP contribution is -1.97. The summed E-state index contributed by atoms with van der Waals surface area (Å²) in [6.45, 7) is 6.52. The Bertz CT molecular complexity index is 95.6. The monoisotopic (exact) mass is 288 g/mol. The zero-order valence-electron chi connectivity index (χ0n) is 5.33. The van der Waals surface area contributed by atoms with Crippen LogP contribution in [0.2, 0.25) is 0 Å². The summed E-state index contributed by atoms with van der Waals surface area (Å²) in [7, 11) is 0. The zero-order valence-corrected chi connectivity index (χ0v) is 9.08. The molecule has 0 aliphatic rings. The SMILES string of the molecule is CC(C)(C)/C=C(\Br)I. The van der Waals surface area contributed by atoms with Gasteiger partial charge in [0.15, 0.2) is 0 Å². The van der Waals surface area contributed by atoms with E-state index in [4.69, 9.17) is 0 Å². The molecule has 0 atom stereocenters. The number of hydrogen-bond donors (Lipinski definition) is 0. The highest BCUT2D eigenvalue weighted by Gasteiger charge is 2.04. The number of halogens is 2. The van der Waals surface area contributed by atoms with Gasteiger partial charge in [0.2, 0.25) is 0 Å². The minimum atomic E-state index is 0.306. The fourth-order valence-corrected chi connectivity index (χ4v) is 1.95. The van der Waals surface area contributed by atoms with Crippen LogP contribution in [0.25, 0.3) is 0 Å². The van der Waals surface area contributed by atoms with E-state index in [9.17, 15) is 0 Å². The number of allylic oxidation sites excluding steroid dienone is 1. The summed E-state index contributed by atoms with van der Waals surface area (Å²) in [4.78, 5) is 0. The molecule has 0 bridgehead atoms. The van der Waals surface area contributed by atoms with Crippen molar-refractivity contribution in [2.75, 3.05) is 0 Å². The van der Waals surface area contributed by atoms with E-state index in [-0.39, 0.29) is 0 Å². The summed E-state index contributed by atoms with van der Waals surface area (Å²) in [6, 6.07) is 0. The van der Waals surface area contributed by atoms with Gasteiger partial charge < -0.3 is 0 Å². The molecule has 0 N–H and O–H groups in total. The van der Waals surface area contributed by atoms with Gasteiger partial charge in [-0.05, 0) is 43.9 Å². The quantitative estimate of drug-likeness (QED) is 0.596. The third kappa shape index (κ3) is 6.95. The topological polar surface area (TPSA) is 0 Å². The van der Waals surface area contributed by atoms with Crippen molar-refractivity contribution in [2.45, 2.75) is 20.8 Å². The predicted molar refractivity (Wildman–Crippen MR) is 50.5 cm³/mol. The molecule has 0 heterocycles. The molecule has 0 saturated heterocycles. The molecule has 2 heteroatoms. The lowest BCUT2D eigenvalue weighted by molar-refractivity contribution is 0.545. The van der Waals surface area contributed by atoms with E-state index in [1.54, 1.807) is 0 Å². The highest BCUT2D eigenvalue weighted by molar-refractivity contribution is 14.1. The molecule has 0 fully saturated rings. The Morgan fingerprint density at radius 1 is 1.50 bits per heavy atom. The van der Waals surface area contributed by atoms with Gasteiger partial charge >= 0.3 is 0 Å². The van der Waals surface area contributed by atoms with Gasteiger partial charge in [0.1, 0.15) is 0 Å². The Labute approximate surface area is 73.0 Å². The van der Waals surface area contributed by atoms with Gasteiger partial charge in [-0.2, -0.15) is 0 Å². The maximum Gasteiger partial charge on any atom is 0.0524 e. The molecule has 0 amide bonds. The Hall–Kier alpha value is 0.950. The van der Waals surface area contributed by atoms with Crippen LogP contribution in [0.1, 0.15) is 20.8 Å². The Kier molecular flexibility index (Phi) is 3.58. The van der Waals surface area contributed by atoms with E-state index in [1.165, 1.54) is 2.49 Å². The van der Waals surface area contributed by atoms with Crippen molar-refractivity contribution in [3.05, 3.63) is 8.57 Å². The van der Waals surface area contributed by atoms with Gasteiger partial charge in [-0.1, -0.05) is 26.8 Å². The van der Waals surface area contributed by atoms with Gasteiger partial charge in [0.05, 0.1) is 2.49 Å². The number of hydrogen-bond acceptors (Lipinski definition) is 0. The Balaban J connectivity index is 3.89. The summed E-state index contributed by atoms with van der Waals surface area (Å²) in [5.74, 6) is 0. The molecule has 48 valence electrons. The largest absolute Gasteiger partial charge is 0.0587 e. The lowest BCUT2D eigenvalue weighted by atomic mass is 9.98. The van der Waals surface area contributed by atoms with Crippen LogP contribution in [0.3, 0.4) is 0 Å². The molecule has 0 aromatic carbocycles. The van der Waals surface area contributed by atoms with Crippen molar-refractivity contribution in [1.82, 2.24) is 0 Å². The third-order valence-electron chi connectivity index (χ3n) is 0.542. The first-order valence-electron chi connectivity index (χ1n) is 2.46. The molecule has 0 aliphatic carbocycles. The van der Waals surface area contributed by atoms with Crippen LogP contribution in [-0.2, 0) is 0 Å². The molecular formula is C6H10BrI. The summed E-state index contributed by atoms with van der Waals surface area (Å²) in [6.07, 6.45) is 2.17. The van der Waals surface area contributed by atoms with Crippen molar-refractivity contribution in [2.24, 2.45) is 5.41 Å². The molecule has 0 nitrogen and oxygen atoms in total. The van der Waals surface area contributed by atoms with Crippen LogP contribution in [0.15, 0.2) is 8.57 Å². The van der Waals surface area contributed by atoms with Crippen molar-refractivity contribution in [3.63, 3.8) is 0 Å². The molecule has 0 saturated carbocycles. The molecule has 0 aliphatic heterocycles. The molecule has 0 aromatic rings. The van der Waals surface area contributed by atoms with Gasteiger partial charge in [0, 0.05) is 0 Å².